The van der Waals surface area contributed by atoms with E-state index < -0.39 is 0 Å². The lowest BCUT2D eigenvalue weighted by Gasteiger charge is -2.05. The van der Waals surface area contributed by atoms with Gasteiger partial charge in [-0.05, 0) is 35.0 Å². The number of aromatic nitrogens is 2. The van der Waals surface area contributed by atoms with Gasteiger partial charge in [-0.1, -0.05) is 30.3 Å². The first-order chi connectivity index (χ1) is 12.7. The van der Waals surface area contributed by atoms with E-state index in [1.807, 2.05) is 36.4 Å². The van der Waals surface area contributed by atoms with E-state index in [4.69, 9.17) is 9.15 Å². The highest BCUT2D eigenvalue weighted by Crippen LogP contribution is 2.22. The molecule has 0 unspecified atom stereocenters. The quantitative estimate of drug-likeness (QED) is 0.592. The Hall–Kier alpha value is -3.54. The summed E-state index contributed by atoms with van der Waals surface area (Å²) in [6.07, 6.45) is 1.75. The highest BCUT2D eigenvalue weighted by atomic mass is 16.5. The zero-order valence-electron chi connectivity index (χ0n) is 14.2. The highest BCUT2D eigenvalue weighted by molar-refractivity contribution is 6.01. The minimum atomic E-state index is -0.347. The number of carbonyl (C=O) groups excluding carboxylic acids is 1. The summed E-state index contributed by atoms with van der Waals surface area (Å²) in [6, 6.07) is 19.1. The molecule has 0 aliphatic carbocycles. The number of furan rings is 1. The number of amides is 1. The fourth-order valence-corrected chi connectivity index (χ4v) is 2.65. The Balaban J connectivity index is 1.40. The maximum Gasteiger partial charge on any atom is 0.292 e. The molecule has 2 aromatic heterocycles. The Bertz CT molecular complexity index is 1060. The van der Waals surface area contributed by atoms with Gasteiger partial charge in [0.15, 0.2) is 11.6 Å². The van der Waals surface area contributed by atoms with Crippen molar-refractivity contribution in [3.63, 3.8) is 0 Å². The Morgan fingerprint density at radius 3 is 2.77 bits per heavy atom. The van der Waals surface area contributed by atoms with Gasteiger partial charge in [0, 0.05) is 19.3 Å². The molecule has 1 amide bonds. The van der Waals surface area contributed by atoms with Gasteiger partial charge >= 0.3 is 0 Å². The number of aryl methyl sites for hydroxylation is 1. The van der Waals surface area contributed by atoms with Gasteiger partial charge in [0.1, 0.15) is 18.1 Å². The van der Waals surface area contributed by atoms with E-state index in [2.05, 4.69) is 16.5 Å². The van der Waals surface area contributed by atoms with Gasteiger partial charge in [-0.15, -0.1) is 0 Å². The molecule has 2 heterocycles. The molecule has 0 saturated heterocycles. The largest absolute Gasteiger partial charge is 0.486 e. The van der Waals surface area contributed by atoms with Crippen molar-refractivity contribution in [1.82, 2.24) is 9.78 Å². The fourth-order valence-electron chi connectivity index (χ4n) is 2.65. The number of nitrogens with zero attached hydrogens (tertiary/aromatic N) is 2. The average molecular weight is 347 g/mol. The lowest BCUT2D eigenvalue weighted by Crippen LogP contribution is -2.11. The van der Waals surface area contributed by atoms with Gasteiger partial charge in [0.25, 0.3) is 5.91 Å². The first-order valence-electron chi connectivity index (χ1n) is 8.19. The molecule has 0 fully saturated rings. The third-order valence-corrected chi connectivity index (χ3v) is 3.94. The minimum Gasteiger partial charge on any atom is -0.486 e. The number of hydrogen-bond donors (Lipinski definition) is 1. The van der Waals surface area contributed by atoms with Crippen molar-refractivity contribution >= 4 is 22.5 Å². The lowest BCUT2D eigenvalue weighted by atomic mass is 10.1. The Labute approximate surface area is 150 Å². The van der Waals surface area contributed by atoms with Gasteiger partial charge in [0.2, 0.25) is 0 Å². The van der Waals surface area contributed by atoms with Crippen LogP contribution in [-0.4, -0.2) is 15.7 Å². The molecule has 0 saturated carbocycles. The first-order valence-corrected chi connectivity index (χ1v) is 8.19. The third-order valence-electron chi connectivity index (χ3n) is 3.94. The second-order valence-electron chi connectivity index (χ2n) is 5.89. The summed E-state index contributed by atoms with van der Waals surface area (Å²) in [6.45, 7) is 0.245. The van der Waals surface area contributed by atoms with Crippen molar-refractivity contribution in [2.24, 2.45) is 7.05 Å². The first kappa shape index (κ1) is 16.0. The normalized spacial score (nSPS) is 10.8. The smallest absolute Gasteiger partial charge is 0.292 e. The number of ether oxygens (including phenoxy) is 1. The van der Waals surface area contributed by atoms with Crippen LogP contribution in [0.15, 0.2) is 71.3 Å². The number of fused-ring (bicyclic) bond motifs is 1. The number of nitrogens with one attached hydrogen (secondary N) is 1. The van der Waals surface area contributed by atoms with E-state index in [1.54, 1.807) is 36.1 Å². The van der Waals surface area contributed by atoms with E-state index in [9.17, 15) is 4.79 Å². The molecule has 6 nitrogen and oxygen atoms in total. The van der Waals surface area contributed by atoms with Crippen molar-refractivity contribution in [2.45, 2.75) is 6.61 Å². The second-order valence-corrected chi connectivity index (χ2v) is 5.89. The molecular formula is C20H17N3O3. The van der Waals surface area contributed by atoms with E-state index in [-0.39, 0.29) is 18.3 Å². The number of rotatable bonds is 5. The number of anilines is 1. The van der Waals surface area contributed by atoms with Gasteiger partial charge in [-0.25, -0.2) is 0 Å². The van der Waals surface area contributed by atoms with Crippen LogP contribution in [0.4, 0.5) is 5.82 Å². The average Bonchev–Trinajstić information content (AvgIpc) is 3.29. The van der Waals surface area contributed by atoms with E-state index in [0.29, 0.717) is 11.6 Å². The third kappa shape index (κ3) is 3.44. The van der Waals surface area contributed by atoms with Crippen LogP contribution >= 0.6 is 0 Å². The SMILES string of the molecule is Cn1ccc(NC(=O)c2ccc(COc3ccc4ccccc4c3)o2)n1. The summed E-state index contributed by atoms with van der Waals surface area (Å²) in [7, 11) is 1.78. The molecule has 0 spiro atoms. The fraction of sp³-hybridized carbons (Fsp3) is 0.100. The van der Waals surface area contributed by atoms with Crippen LogP contribution in [-0.2, 0) is 13.7 Å². The molecule has 2 aromatic carbocycles. The molecule has 1 N–H and O–H groups in total. The molecular weight excluding hydrogens is 330 g/mol. The number of carbonyl (C=O) groups is 1. The van der Waals surface area contributed by atoms with Crippen molar-refractivity contribution in [3.8, 4) is 5.75 Å². The number of benzene rings is 2. The second kappa shape index (κ2) is 6.76. The minimum absolute atomic E-state index is 0.216. The van der Waals surface area contributed by atoms with Crippen LogP contribution in [0, 0.1) is 0 Å². The molecule has 0 aliphatic heterocycles. The summed E-state index contributed by atoms with van der Waals surface area (Å²) in [5, 5.41) is 9.05. The van der Waals surface area contributed by atoms with E-state index >= 15 is 0 Å². The van der Waals surface area contributed by atoms with Crippen molar-refractivity contribution in [3.05, 3.63) is 78.4 Å². The zero-order chi connectivity index (χ0) is 17.9. The van der Waals surface area contributed by atoms with Crippen LogP contribution in [0.1, 0.15) is 16.3 Å². The molecule has 0 radical (unpaired) electrons. The van der Waals surface area contributed by atoms with Gasteiger partial charge in [-0.3, -0.25) is 9.48 Å². The van der Waals surface area contributed by atoms with Crippen LogP contribution < -0.4 is 10.1 Å². The topological polar surface area (TPSA) is 69.3 Å². The molecule has 26 heavy (non-hydrogen) atoms. The van der Waals surface area contributed by atoms with Crippen LogP contribution in [0.5, 0.6) is 5.75 Å². The predicted molar refractivity (Wildman–Crippen MR) is 98.1 cm³/mol. The van der Waals surface area contributed by atoms with Crippen LogP contribution in [0.3, 0.4) is 0 Å². The molecule has 6 heteroatoms. The summed E-state index contributed by atoms with van der Waals surface area (Å²) >= 11 is 0. The monoisotopic (exact) mass is 347 g/mol. The van der Waals surface area contributed by atoms with Gasteiger partial charge in [0.05, 0.1) is 0 Å². The van der Waals surface area contributed by atoms with Gasteiger partial charge < -0.3 is 14.5 Å². The van der Waals surface area contributed by atoms with E-state index in [1.165, 1.54) is 0 Å². The Morgan fingerprint density at radius 2 is 1.96 bits per heavy atom. The summed E-state index contributed by atoms with van der Waals surface area (Å²) < 4.78 is 12.9. The van der Waals surface area contributed by atoms with Crippen molar-refractivity contribution < 1.29 is 13.9 Å². The Kier molecular flexibility index (Phi) is 4.15. The van der Waals surface area contributed by atoms with E-state index in [0.717, 1.165) is 16.5 Å². The van der Waals surface area contributed by atoms with Crippen molar-refractivity contribution in [1.29, 1.82) is 0 Å². The Morgan fingerprint density at radius 1 is 1.12 bits per heavy atom. The zero-order valence-corrected chi connectivity index (χ0v) is 14.2. The molecule has 0 atom stereocenters. The van der Waals surface area contributed by atoms with Crippen LogP contribution in [0.25, 0.3) is 10.8 Å². The maximum atomic E-state index is 12.2. The molecule has 4 aromatic rings. The highest BCUT2D eigenvalue weighted by Gasteiger charge is 2.13. The number of hydrogen-bond acceptors (Lipinski definition) is 4. The molecule has 0 aliphatic rings. The maximum absolute atomic E-state index is 12.2. The summed E-state index contributed by atoms with van der Waals surface area (Å²) in [5.41, 5.74) is 0. The van der Waals surface area contributed by atoms with Gasteiger partial charge in [-0.2, -0.15) is 5.10 Å². The predicted octanol–water partition coefficient (Wildman–Crippen LogP) is 4.00. The van der Waals surface area contributed by atoms with Crippen molar-refractivity contribution in [2.75, 3.05) is 5.32 Å². The standard InChI is InChI=1S/C20H17N3O3/c1-23-11-10-19(22-23)21-20(24)18-9-8-17(26-18)13-25-16-7-6-14-4-2-3-5-15(14)12-16/h2-12H,13H2,1H3,(H,21,22,24). The van der Waals surface area contributed by atoms with Crippen LogP contribution in [0.2, 0.25) is 0 Å². The molecule has 4 rings (SSSR count). The lowest BCUT2D eigenvalue weighted by molar-refractivity contribution is 0.0992. The molecule has 0 bridgehead atoms. The molecule has 130 valence electrons. The summed E-state index contributed by atoms with van der Waals surface area (Å²) in [4.78, 5) is 12.2. The summed E-state index contributed by atoms with van der Waals surface area (Å²) in [5.74, 6) is 1.67.